The molecular weight excluding hydrogens is 322 g/mol. The Hall–Kier alpha value is -2.55. The van der Waals surface area contributed by atoms with Gasteiger partial charge in [-0.05, 0) is 60.9 Å². The molecule has 3 rings (SSSR count). The molecule has 1 amide bonds. The Bertz CT molecular complexity index is 795. The Morgan fingerprint density at radius 1 is 1.15 bits per heavy atom. The Morgan fingerprint density at radius 2 is 1.92 bits per heavy atom. The van der Waals surface area contributed by atoms with Crippen LogP contribution in [0, 0.1) is 0 Å². The third-order valence-electron chi connectivity index (χ3n) is 5.05. The summed E-state index contributed by atoms with van der Waals surface area (Å²) in [5.41, 5.74) is 5.02. The van der Waals surface area contributed by atoms with Crippen LogP contribution < -0.4 is 10.1 Å². The first-order chi connectivity index (χ1) is 12.7. The average molecular weight is 349 g/mol. The predicted molar refractivity (Wildman–Crippen MR) is 106 cm³/mol. The summed E-state index contributed by atoms with van der Waals surface area (Å²) in [5.74, 6) is 0.679. The number of carbonyl (C=O) groups is 1. The minimum Gasteiger partial charge on any atom is -0.496 e. The molecule has 2 aromatic carbocycles. The van der Waals surface area contributed by atoms with Crippen LogP contribution in [0.1, 0.15) is 54.5 Å². The lowest BCUT2D eigenvalue weighted by molar-refractivity contribution is -0.117. The van der Waals surface area contributed by atoms with Gasteiger partial charge in [0.05, 0.1) is 13.2 Å². The quantitative estimate of drug-likeness (QED) is 0.757. The molecule has 0 spiro atoms. The maximum Gasteiger partial charge on any atom is 0.244 e. The molecule has 1 N–H and O–H groups in total. The Morgan fingerprint density at radius 3 is 2.69 bits per heavy atom. The summed E-state index contributed by atoms with van der Waals surface area (Å²) in [6.07, 6.45) is 9.14. The summed E-state index contributed by atoms with van der Waals surface area (Å²) >= 11 is 0. The molecule has 3 nitrogen and oxygen atoms in total. The van der Waals surface area contributed by atoms with Crippen LogP contribution in [0.5, 0.6) is 5.75 Å². The standard InChI is InChI=1S/C23H27NO2/c1-3-21(20-13-12-17-8-4-5-10-19(17)16-20)24-23(25)15-14-18-9-6-7-11-22(18)26-2/h6-7,9,11-16,21H,3-5,8,10H2,1-2H3,(H,24,25)/b15-14+. The molecule has 136 valence electrons. The van der Waals surface area contributed by atoms with Gasteiger partial charge in [0, 0.05) is 11.6 Å². The number of carbonyl (C=O) groups excluding carboxylic acids is 1. The van der Waals surface area contributed by atoms with E-state index in [2.05, 4.69) is 30.4 Å². The summed E-state index contributed by atoms with van der Waals surface area (Å²) in [6.45, 7) is 2.11. The fourth-order valence-corrected chi connectivity index (χ4v) is 3.58. The van der Waals surface area contributed by atoms with Gasteiger partial charge in [0.25, 0.3) is 0 Å². The molecule has 0 saturated carbocycles. The van der Waals surface area contributed by atoms with Gasteiger partial charge in [0.15, 0.2) is 0 Å². The molecule has 1 aliphatic rings. The van der Waals surface area contributed by atoms with E-state index in [1.54, 1.807) is 19.3 Å². The summed E-state index contributed by atoms with van der Waals surface area (Å²) in [7, 11) is 1.63. The highest BCUT2D eigenvalue weighted by atomic mass is 16.5. The van der Waals surface area contributed by atoms with Crippen LogP contribution in [0.2, 0.25) is 0 Å². The van der Waals surface area contributed by atoms with Crippen LogP contribution in [-0.4, -0.2) is 13.0 Å². The fraction of sp³-hybridized carbons (Fsp3) is 0.348. The van der Waals surface area contributed by atoms with Crippen molar-refractivity contribution in [3.8, 4) is 5.75 Å². The molecule has 1 atom stereocenters. The number of hydrogen-bond donors (Lipinski definition) is 1. The third kappa shape index (κ3) is 4.34. The maximum absolute atomic E-state index is 12.4. The van der Waals surface area contributed by atoms with Gasteiger partial charge < -0.3 is 10.1 Å². The van der Waals surface area contributed by atoms with Crippen LogP contribution in [0.4, 0.5) is 0 Å². The number of para-hydroxylation sites is 1. The molecule has 0 saturated heterocycles. The van der Waals surface area contributed by atoms with Crippen molar-refractivity contribution >= 4 is 12.0 Å². The molecule has 0 fully saturated rings. The van der Waals surface area contributed by atoms with Crippen molar-refractivity contribution in [2.24, 2.45) is 0 Å². The predicted octanol–water partition coefficient (Wildman–Crippen LogP) is 4.85. The van der Waals surface area contributed by atoms with Crippen LogP contribution in [0.25, 0.3) is 6.08 Å². The molecule has 1 aliphatic carbocycles. The van der Waals surface area contributed by atoms with E-state index < -0.39 is 0 Å². The highest BCUT2D eigenvalue weighted by Gasteiger charge is 2.15. The zero-order valence-electron chi connectivity index (χ0n) is 15.6. The first kappa shape index (κ1) is 18.2. The molecule has 1 unspecified atom stereocenters. The second kappa shape index (κ2) is 8.70. The third-order valence-corrected chi connectivity index (χ3v) is 5.05. The number of amides is 1. The van der Waals surface area contributed by atoms with Gasteiger partial charge in [-0.3, -0.25) is 4.79 Å². The normalized spacial score (nSPS) is 14.7. The zero-order chi connectivity index (χ0) is 18.4. The number of hydrogen-bond acceptors (Lipinski definition) is 2. The summed E-state index contributed by atoms with van der Waals surface area (Å²) in [5, 5.41) is 3.13. The maximum atomic E-state index is 12.4. The SMILES string of the molecule is CCC(NC(=O)/C=C/c1ccccc1OC)c1ccc2c(c1)CCCC2. The molecule has 0 bridgehead atoms. The largest absolute Gasteiger partial charge is 0.496 e. The van der Waals surface area contributed by atoms with Gasteiger partial charge in [0.1, 0.15) is 5.75 Å². The lowest BCUT2D eigenvalue weighted by atomic mass is 9.89. The lowest BCUT2D eigenvalue weighted by Crippen LogP contribution is -2.26. The van der Waals surface area contributed by atoms with Gasteiger partial charge in [0.2, 0.25) is 5.91 Å². The Balaban J connectivity index is 1.69. The smallest absolute Gasteiger partial charge is 0.244 e. The first-order valence-corrected chi connectivity index (χ1v) is 9.44. The zero-order valence-corrected chi connectivity index (χ0v) is 15.6. The van der Waals surface area contributed by atoms with Crippen molar-refractivity contribution in [1.29, 1.82) is 0 Å². The number of fused-ring (bicyclic) bond motifs is 1. The van der Waals surface area contributed by atoms with Gasteiger partial charge in [-0.1, -0.05) is 43.3 Å². The van der Waals surface area contributed by atoms with Crippen LogP contribution >= 0.6 is 0 Å². The van der Waals surface area contributed by atoms with E-state index in [4.69, 9.17) is 4.74 Å². The summed E-state index contributed by atoms with van der Waals surface area (Å²) < 4.78 is 5.32. The lowest BCUT2D eigenvalue weighted by Gasteiger charge is -2.21. The van der Waals surface area contributed by atoms with Crippen molar-refractivity contribution in [2.75, 3.05) is 7.11 Å². The number of nitrogens with one attached hydrogen (secondary N) is 1. The van der Waals surface area contributed by atoms with E-state index in [1.165, 1.54) is 36.0 Å². The van der Waals surface area contributed by atoms with Gasteiger partial charge in [-0.2, -0.15) is 0 Å². The molecular formula is C23H27NO2. The molecule has 3 heteroatoms. The fourth-order valence-electron chi connectivity index (χ4n) is 3.58. The molecule has 2 aromatic rings. The number of aryl methyl sites for hydroxylation is 2. The second-order valence-corrected chi connectivity index (χ2v) is 6.78. The summed E-state index contributed by atoms with van der Waals surface area (Å²) in [6, 6.07) is 14.4. The van der Waals surface area contributed by atoms with E-state index in [1.807, 2.05) is 24.3 Å². The first-order valence-electron chi connectivity index (χ1n) is 9.44. The summed E-state index contributed by atoms with van der Waals surface area (Å²) in [4.78, 5) is 12.4. The Labute approximate surface area is 156 Å². The van der Waals surface area contributed by atoms with Gasteiger partial charge in [-0.15, -0.1) is 0 Å². The van der Waals surface area contributed by atoms with Crippen molar-refractivity contribution in [3.05, 3.63) is 70.8 Å². The molecule has 0 heterocycles. The van der Waals surface area contributed by atoms with Gasteiger partial charge in [-0.25, -0.2) is 0 Å². The van der Waals surface area contributed by atoms with Crippen molar-refractivity contribution in [3.63, 3.8) is 0 Å². The molecule has 26 heavy (non-hydrogen) atoms. The Kier molecular flexibility index (Phi) is 6.11. The molecule has 0 aromatic heterocycles. The van der Waals surface area contributed by atoms with Crippen LogP contribution in [-0.2, 0) is 17.6 Å². The molecule has 0 radical (unpaired) electrons. The van der Waals surface area contributed by atoms with Gasteiger partial charge >= 0.3 is 0 Å². The van der Waals surface area contributed by atoms with Crippen LogP contribution in [0.3, 0.4) is 0 Å². The number of methoxy groups -OCH3 is 1. The van der Waals surface area contributed by atoms with E-state index in [9.17, 15) is 4.79 Å². The average Bonchev–Trinajstić information content (AvgIpc) is 2.70. The monoisotopic (exact) mass is 349 g/mol. The molecule has 0 aliphatic heterocycles. The van der Waals surface area contributed by atoms with Crippen LogP contribution in [0.15, 0.2) is 48.5 Å². The minimum atomic E-state index is -0.0829. The number of rotatable bonds is 6. The topological polar surface area (TPSA) is 38.3 Å². The van der Waals surface area contributed by atoms with Crippen molar-refractivity contribution in [1.82, 2.24) is 5.32 Å². The van der Waals surface area contributed by atoms with Crippen molar-refractivity contribution < 1.29 is 9.53 Å². The van der Waals surface area contributed by atoms with E-state index in [0.29, 0.717) is 0 Å². The highest BCUT2D eigenvalue weighted by molar-refractivity contribution is 5.92. The minimum absolute atomic E-state index is 0.0389. The van der Waals surface area contributed by atoms with E-state index in [-0.39, 0.29) is 11.9 Å². The second-order valence-electron chi connectivity index (χ2n) is 6.78. The van der Waals surface area contributed by atoms with E-state index >= 15 is 0 Å². The van der Waals surface area contributed by atoms with E-state index in [0.717, 1.165) is 24.2 Å². The number of benzene rings is 2. The van der Waals surface area contributed by atoms with Crippen molar-refractivity contribution in [2.45, 2.75) is 45.1 Å². The number of ether oxygens (including phenoxy) is 1. The highest BCUT2D eigenvalue weighted by Crippen LogP contribution is 2.26.